The fourth-order valence-electron chi connectivity index (χ4n) is 3.11. The standard InChI is InChI=1S/C20H40N2OS2/c1-6-10-12-16(8-3)14-22(15-17(9-4)13-11-7-2)19(25)20(5,23)18(21)24/h16-17,23H,6-15H2,1-5H3,(H2,21,24). The summed E-state index contributed by atoms with van der Waals surface area (Å²) in [4.78, 5) is 2.75. The van der Waals surface area contributed by atoms with E-state index in [0.29, 0.717) is 16.8 Å². The molecule has 3 unspecified atom stereocenters. The molecule has 0 aliphatic heterocycles. The van der Waals surface area contributed by atoms with E-state index in [-0.39, 0.29) is 4.99 Å². The first-order chi connectivity index (χ1) is 11.7. The Morgan fingerprint density at radius 1 is 0.960 bits per heavy atom. The van der Waals surface area contributed by atoms with E-state index >= 15 is 0 Å². The summed E-state index contributed by atoms with van der Waals surface area (Å²) in [6.07, 6.45) is 9.54. The van der Waals surface area contributed by atoms with Crippen LogP contribution in [0.2, 0.25) is 0 Å². The Kier molecular flexibility index (Phi) is 12.9. The molecule has 3 atom stereocenters. The fraction of sp³-hybridized carbons (Fsp3) is 0.900. The minimum absolute atomic E-state index is 0.0608. The van der Waals surface area contributed by atoms with Crippen molar-refractivity contribution in [2.45, 2.75) is 91.6 Å². The van der Waals surface area contributed by atoms with Crippen LogP contribution in [-0.4, -0.2) is 38.7 Å². The molecule has 3 N–H and O–H groups in total. The molecule has 0 aliphatic rings. The molecule has 0 fully saturated rings. The minimum atomic E-state index is -1.39. The lowest BCUT2D eigenvalue weighted by Gasteiger charge is -2.37. The van der Waals surface area contributed by atoms with Crippen LogP contribution in [0.3, 0.4) is 0 Å². The Bertz CT molecular complexity index is 381. The Morgan fingerprint density at radius 3 is 1.64 bits per heavy atom. The Hall–Kier alpha value is -0.260. The molecule has 0 aromatic rings. The van der Waals surface area contributed by atoms with Gasteiger partial charge in [-0.25, -0.2) is 0 Å². The molecule has 0 bridgehead atoms. The minimum Gasteiger partial charge on any atom is -0.391 e. The van der Waals surface area contributed by atoms with Gasteiger partial charge in [0.25, 0.3) is 0 Å². The lowest BCUT2D eigenvalue weighted by Crippen LogP contribution is -2.55. The van der Waals surface area contributed by atoms with Crippen molar-refractivity contribution in [2.24, 2.45) is 17.6 Å². The monoisotopic (exact) mass is 388 g/mol. The van der Waals surface area contributed by atoms with Crippen LogP contribution in [0.1, 0.15) is 86.0 Å². The zero-order chi connectivity index (χ0) is 19.5. The number of hydrogen-bond acceptors (Lipinski definition) is 3. The third kappa shape index (κ3) is 8.78. The van der Waals surface area contributed by atoms with Crippen LogP contribution in [-0.2, 0) is 0 Å². The number of aliphatic hydroxyl groups is 1. The van der Waals surface area contributed by atoms with E-state index in [2.05, 4.69) is 32.6 Å². The molecule has 5 heteroatoms. The smallest absolute Gasteiger partial charge is 0.161 e. The lowest BCUT2D eigenvalue weighted by molar-refractivity contribution is 0.174. The van der Waals surface area contributed by atoms with Crippen molar-refractivity contribution in [2.75, 3.05) is 13.1 Å². The molecule has 25 heavy (non-hydrogen) atoms. The van der Waals surface area contributed by atoms with Crippen LogP contribution >= 0.6 is 24.4 Å². The van der Waals surface area contributed by atoms with Crippen LogP contribution in [0.4, 0.5) is 0 Å². The van der Waals surface area contributed by atoms with Gasteiger partial charge in [0.15, 0.2) is 5.60 Å². The summed E-state index contributed by atoms with van der Waals surface area (Å²) in [7, 11) is 0. The van der Waals surface area contributed by atoms with E-state index in [1.165, 1.54) is 38.5 Å². The van der Waals surface area contributed by atoms with Crippen molar-refractivity contribution in [1.82, 2.24) is 4.90 Å². The van der Waals surface area contributed by atoms with Crippen LogP contribution < -0.4 is 5.73 Å². The van der Waals surface area contributed by atoms with Gasteiger partial charge in [0.1, 0.15) is 9.98 Å². The van der Waals surface area contributed by atoms with E-state index in [0.717, 1.165) is 25.9 Å². The van der Waals surface area contributed by atoms with Gasteiger partial charge in [0.05, 0.1) is 0 Å². The summed E-state index contributed by atoms with van der Waals surface area (Å²) < 4.78 is 0. The zero-order valence-electron chi connectivity index (χ0n) is 17.0. The van der Waals surface area contributed by atoms with Crippen molar-refractivity contribution in [3.63, 3.8) is 0 Å². The maximum atomic E-state index is 10.7. The van der Waals surface area contributed by atoms with Crippen molar-refractivity contribution >= 4 is 34.4 Å². The quantitative estimate of drug-likeness (QED) is 0.406. The van der Waals surface area contributed by atoms with Crippen molar-refractivity contribution in [3.8, 4) is 0 Å². The van der Waals surface area contributed by atoms with E-state index in [4.69, 9.17) is 30.2 Å². The number of hydrogen-bond donors (Lipinski definition) is 2. The molecule has 0 saturated carbocycles. The first-order valence-corrected chi connectivity index (χ1v) is 10.9. The van der Waals surface area contributed by atoms with Gasteiger partial charge in [-0.1, -0.05) is 90.7 Å². The van der Waals surface area contributed by atoms with Gasteiger partial charge in [-0.05, 0) is 31.6 Å². The maximum Gasteiger partial charge on any atom is 0.161 e. The predicted molar refractivity (Wildman–Crippen MR) is 118 cm³/mol. The Labute approximate surface area is 166 Å². The first kappa shape index (κ1) is 24.7. The summed E-state index contributed by atoms with van der Waals surface area (Å²) in [6, 6.07) is 0. The summed E-state index contributed by atoms with van der Waals surface area (Å²) in [6.45, 7) is 12.3. The van der Waals surface area contributed by atoms with Crippen LogP contribution in [0.15, 0.2) is 0 Å². The highest BCUT2D eigenvalue weighted by atomic mass is 32.1. The summed E-state index contributed by atoms with van der Waals surface area (Å²) in [5.41, 5.74) is 4.37. The molecule has 0 radical (unpaired) electrons. The largest absolute Gasteiger partial charge is 0.391 e. The highest BCUT2D eigenvalue weighted by Gasteiger charge is 2.34. The molecule has 0 spiro atoms. The maximum absolute atomic E-state index is 10.7. The predicted octanol–water partition coefficient (Wildman–Crippen LogP) is 5.09. The van der Waals surface area contributed by atoms with Crippen molar-refractivity contribution in [3.05, 3.63) is 0 Å². The van der Waals surface area contributed by atoms with Crippen molar-refractivity contribution in [1.29, 1.82) is 0 Å². The molecule has 0 saturated heterocycles. The highest BCUT2D eigenvalue weighted by molar-refractivity contribution is 7.82. The summed E-state index contributed by atoms with van der Waals surface area (Å²) >= 11 is 10.7. The van der Waals surface area contributed by atoms with Gasteiger partial charge in [-0.3, -0.25) is 0 Å². The second kappa shape index (κ2) is 13.0. The van der Waals surface area contributed by atoms with Gasteiger partial charge in [-0.15, -0.1) is 0 Å². The number of nitrogens with zero attached hydrogens (tertiary/aromatic N) is 1. The molecule has 148 valence electrons. The zero-order valence-corrected chi connectivity index (χ0v) is 18.6. The number of unbranched alkanes of at least 4 members (excludes halogenated alkanes) is 2. The average molecular weight is 389 g/mol. The van der Waals surface area contributed by atoms with E-state index in [9.17, 15) is 5.11 Å². The van der Waals surface area contributed by atoms with Crippen LogP contribution in [0.25, 0.3) is 0 Å². The Balaban J connectivity index is 5.26. The van der Waals surface area contributed by atoms with Gasteiger partial charge in [-0.2, -0.15) is 0 Å². The fourth-order valence-corrected chi connectivity index (χ4v) is 3.53. The van der Waals surface area contributed by atoms with Gasteiger partial charge in [0.2, 0.25) is 0 Å². The molecule has 0 rings (SSSR count). The highest BCUT2D eigenvalue weighted by Crippen LogP contribution is 2.22. The summed E-state index contributed by atoms with van der Waals surface area (Å²) in [5.74, 6) is 1.17. The number of nitrogens with two attached hydrogens (primary N) is 1. The molecular formula is C20H40N2OS2. The molecule has 0 aromatic heterocycles. The molecule has 0 aliphatic carbocycles. The first-order valence-electron chi connectivity index (χ1n) is 10.1. The van der Waals surface area contributed by atoms with Gasteiger partial charge >= 0.3 is 0 Å². The molecule has 0 heterocycles. The molecule has 3 nitrogen and oxygen atoms in total. The Morgan fingerprint density at radius 2 is 1.36 bits per heavy atom. The molecular weight excluding hydrogens is 348 g/mol. The third-order valence-corrected chi connectivity index (χ3v) is 6.28. The van der Waals surface area contributed by atoms with E-state index in [1.807, 2.05) is 0 Å². The van der Waals surface area contributed by atoms with Gasteiger partial charge < -0.3 is 15.7 Å². The second-order valence-electron chi connectivity index (χ2n) is 7.48. The third-order valence-electron chi connectivity index (χ3n) is 5.23. The van der Waals surface area contributed by atoms with E-state index < -0.39 is 5.60 Å². The molecule has 0 amide bonds. The van der Waals surface area contributed by atoms with Crippen LogP contribution in [0.5, 0.6) is 0 Å². The average Bonchev–Trinajstić information content (AvgIpc) is 2.59. The second-order valence-corrected chi connectivity index (χ2v) is 8.31. The topological polar surface area (TPSA) is 49.5 Å². The number of thiocarbonyl (C=S) groups is 2. The van der Waals surface area contributed by atoms with Gasteiger partial charge in [0, 0.05) is 13.1 Å². The van der Waals surface area contributed by atoms with Crippen molar-refractivity contribution < 1.29 is 5.11 Å². The SMILES string of the molecule is CCCCC(CC)CN(CC(CC)CCCC)C(=S)C(C)(O)C(N)=S. The molecule has 0 aromatic carbocycles. The normalized spacial score (nSPS) is 16.1. The van der Waals surface area contributed by atoms with E-state index in [1.54, 1.807) is 6.92 Å². The lowest BCUT2D eigenvalue weighted by atomic mass is 9.94. The number of rotatable bonds is 14. The summed E-state index contributed by atoms with van der Waals surface area (Å²) in [5, 5.41) is 10.7. The van der Waals surface area contributed by atoms with Crippen LogP contribution in [0, 0.1) is 11.8 Å².